The van der Waals surface area contributed by atoms with Gasteiger partial charge in [0.05, 0.1) is 39.6 Å². The van der Waals surface area contributed by atoms with Crippen LogP contribution in [-0.2, 0) is 61.7 Å². The molecule has 0 aliphatic carbocycles. The Morgan fingerprint density at radius 3 is 1.18 bits per heavy atom. The summed E-state index contributed by atoms with van der Waals surface area (Å²) in [6.07, 6.45) is -52.1. The Hall–Kier alpha value is -2.22. The average molecular weight is 1070 g/mol. The molecular weight excluding hydrogens is 1000 g/mol. The van der Waals surface area contributed by atoms with Crippen molar-refractivity contribution in [2.45, 2.75) is 198 Å². The van der Waals surface area contributed by atoms with Crippen molar-refractivity contribution in [1.29, 1.82) is 0 Å². The molecule has 6 fully saturated rings. The molecule has 0 aromatic heterocycles. The van der Waals surface area contributed by atoms with Crippen molar-refractivity contribution < 1.29 is 154 Å². The van der Waals surface area contributed by atoms with Crippen LogP contribution in [-0.4, -0.2) is 327 Å². The second-order valence-corrected chi connectivity index (χ2v) is 18.3. The highest BCUT2D eigenvalue weighted by molar-refractivity contribution is 5.73. The van der Waals surface area contributed by atoms with Crippen LogP contribution in [0.3, 0.4) is 0 Å². The quantitative estimate of drug-likeness (QED) is 0.0606. The van der Waals surface area contributed by atoms with Gasteiger partial charge in [0.1, 0.15) is 146 Å². The van der Waals surface area contributed by atoms with E-state index in [9.17, 15) is 102 Å². The van der Waals surface area contributed by atoms with Crippen LogP contribution < -0.4 is 10.6 Å². The van der Waals surface area contributed by atoms with E-state index in [0.717, 1.165) is 13.8 Å². The smallest absolute Gasteiger partial charge is 0.217 e. The van der Waals surface area contributed by atoms with Gasteiger partial charge in [0.25, 0.3) is 0 Å². The lowest BCUT2D eigenvalue weighted by Crippen LogP contribution is -2.70. The van der Waals surface area contributed by atoms with Gasteiger partial charge < -0.3 is 155 Å². The molecule has 0 spiro atoms. The Balaban J connectivity index is 1.16. The molecule has 30 atom stereocenters. The van der Waals surface area contributed by atoms with E-state index >= 15 is 0 Å². The molecule has 0 saturated carbocycles. The number of carbonyl (C=O) groups is 2. The summed E-state index contributed by atoms with van der Waals surface area (Å²) in [5.41, 5.74) is 0. The van der Waals surface area contributed by atoms with Gasteiger partial charge in [0.15, 0.2) is 37.7 Å². The molecule has 20 N–H and O–H groups in total. The Bertz CT molecular complexity index is 1750. The minimum atomic E-state index is -2.18. The van der Waals surface area contributed by atoms with E-state index in [-0.39, 0.29) is 0 Å². The zero-order valence-electron chi connectivity index (χ0n) is 38.9. The standard InChI is InChI=1S/C40H68N2O31/c1-9(48)41-17-22(53)31(14(6-46)67-36(17)63-8-16-20(51)25(56)29(60)39(69-16)72-33-13(5-45)64-35(62)27(58)26(33)57)71-40-30(61)34(21(52)12(4-44)66-40)73-37-18(42-10(2)49)23(54)32(15(7-47)68-37)70-38-28(59)24(55)19(50)11(3-43)65-38/h11-40,43-47,50-62H,3-8H2,1-2H3,(H,41,48)(H,42,49)/t11-,12-,13-,14-,15-,16-,17-,18-,19+,20+,21+,22-,23-,24+,25+,26-,27-,28-,29-,30-,31-,32-,33-,34+,35?,36?,37+,38+,39+,40+/m1/s1. The Labute approximate surface area is 413 Å². The molecule has 6 rings (SSSR count). The third kappa shape index (κ3) is 13.0. The largest absolute Gasteiger partial charge is 0.394 e. The van der Waals surface area contributed by atoms with E-state index < -0.39 is 236 Å². The first-order chi connectivity index (χ1) is 34.5. The Morgan fingerprint density at radius 1 is 0.356 bits per heavy atom. The van der Waals surface area contributed by atoms with Gasteiger partial charge in [-0.15, -0.1) is 0 Å². The number of carbonyl (C=O) groups excluding carboxylic acids is 2. The summed E-state index contributed by atoms with van der Waals surface area (Å²) in [5, 5.41) is 195. The third-order valence-corrected chi connectivity index (χ3v) is 13.2. The van der Waals surface area contributed by atoms with Crippen LogP contribution in [0.25, 0.3) is 0 Å². The predicted molar refractivity (Wildman–Crippen MR) is 222 cm³/mol. The van der Waals surface area contributed by atoms with Crippen molar-refractivity contribution in [1.82, 2.24) is 10.6 Å². The molecule has 0 aromatic rings. The number of nitrogens with one attached hydrogen (secondary N) is 2. The summed E-state index contributed by atoms with van der Waals surface area (Å²) in [6.45, 7) is -3.49. The average Bonchev–Trinajstić information content (AvgIpc) is 3.36. The van der Waals surface area contributed by atoms with Crippen molar-refractivity contribution in [3.63, 3.8) is 0 Å². The molecule has 73 heavy (non-hydrogen) atoms. The predicted octanol–water partition coefficient (Wildman–Crippen LogP) is -13.8. The number of aliphatic hydroxyl groups is 18. The summed E-state index contributed by atoms with van der Waals surface area (Å²) in [7, 11) is 0. The second kappa shape index (κ2) is 26.0. The van der Waals surface area contributed by atoms with Crippen molar-refractivity contribution in [2.75, 3.05) is 39.6 Å². The van der Waals surface area contributed by atoms with Gasteiger partial charge in [-0.25, -0.2) is 0 Å². The molecule has 33 heteroatoms. The molecule has 33 nitrogen and oxygen atoms in total. The van der Waals surface area contributed by atoms with E-state index in [4.69, 9.17) is 52.1 Å². The van der Waals surface area contributed by atoms with E-state index in [1.165, 1.54) is 0 Å². The summed E-state index contributed by atoms with van der Waals surface area (Å²) >= 11 is 0. The SMILES string of the molecule is CC(=O)N[C@H]1[C@H](O[C@H]2[C@@H](O)[C@@H](CO)O[C@@H](O[C@H]3[C@H](O)[C@@H](NC(C)=O)C(OC[C@H]4O[C@@H](O[C@H]5[C@H](O)[C@@H](O)C(O)O[C@@H]5CO)[C@H](O)[C@@H](O)[C@H]4O)O[C@@H]3CO)[C@@H]2O)O[C@H](CO)[C@@H](O[C@@H]2O[C@H](CO)[C@H](O)[C@H](O)[C@H]2O)[C@@H]1O. The fraction of sp³-hybridized carbons (Fsp3) is 0.950. The van der Waals surface area contributed by atoms with Crippen LogP contribution in [0.1, 0.15) is 13.8 Å². The summed E-state index contributed by atoms with van der Waals surface area (Å²) < 4.78 is 62.2. The van der Waals surface area contributed by atoms with Crippen LogP contribution in [0.4, 0.5) is 0 Å². The van der Waals surface area contributed by atoms with Crippen LogP contribution in [0.5, 0.6) is 0 Å². The Morgan fingerprint density at radius 2 is 0.712 bits per heavy atom. The maximum Gasteiger partial charge on any atom is 0.217 e. The lowest BCUT2D eigenvalue weighted by atomic mass is 9.94. The molecule has 0 aromatic carbocycles. The monoisotopic (exact) mass is 1070 g/mol. The molecule has 6 heterocycles. The first kappa shape index (κ1) is 60.0. The van der Waals surface area contributed by atoms with Gasteiger partial charge in [-0.3, -0.25) is 9.59 Å². The van der Waals surface area contributed by atoms with Crippen LogP contribution in [0, 0.1) is 0 Å². The lowest BCUT2D eigenvalue weighted by molar-refractivity contribution is -0.379. The van der Waals surface area contributed by atoms with E-state index in [1.807, 2.05) is 0 Å². The van der Waals surface area contributed by atoms with Crippen LogP contribution in [0.15, 0.2) is 0 Å². The van der Waals surface area contributed by atoms with Gasteiger partial charge >= 0.3 is 0 Å². The summed E-state index contributed by atoms with van der Waals surface area (Å²) in [5.74, 6) is -1.63. The summed E-state index contributed by atoms with van der Waals surface area (Å²) in [6, 6.07) is -3.39. The topological polar surface area (TPSA) is 524 Å². The zero-order valence-corrected chi connectivity index (χ0v) is 38.9. The molecule has 6 saturated heterocycles. The number of ether oxygens (including phenoxy) is 11. The summed E-state index contributed by atoms with van der Waals surface area (Å²) in [4.78, 5) is 24.9. The van der Waals surface area contributed by atoms with Crippen molar-refractivity contribution in [3.8, 4) is 0 Å². The molecule has 6 aliphatic rings. The maximum absolute atomic E-state index is 12.5. The van der Waals surface area contributed by atoms with Crippen molar-refractivity contribution in [2.24, 2.45) is 0 Å². The van der Waals surface area contributed by atoms with Gasteiger partial charge in [-0.1, -0.05) is 0 Å². The maximum atomic E-state index is 12.5. The van der Waals surface area contributed by atoms with Crippen LogP contribution in [0.2, 0.25) is 0 Å². The molecule has 424 valence electrons. The highest BCUT2D eigenvalue weighted by Gasteiger charge is 2.57. The molecule has 0 bridgehead atoms. The second-order valence-electron chi connectivity index (χ2n) is 18.3. The Kier molecular flexibility index (Phi) is 21.3. The number of rotatable bonds is 18. The van der Waals surface area contributed by atoms with Crippen LogP contribution >= 0.6 is 0 Å². The third-order valence-electron chi connectivity index (χ3n) is 13.2. The molecule has 6 aliphatic heterocycles. The van der Waals surface area contributed by atoms with Gasteiger partial charge in [0, 0.05) is 13.8 Å². The van der Waals surface area contributed by atoms with Gasteiger partial charge in [-0.05, 0) is 0 Å². The fourth-order valence-electron chi connectivity index (χ4n) is 9.22. The fourth-order valence-corrected chi connectivity index (χ4v) is 9.22. The zero-order chi connectivity index (χ0) is 53.9. The minimum Gasteiger partial charge on any atom is -0.394 e. The first-order valence-electron chi connectivity index (χ1n) is 23.1. The number of hydrogen-bond donors (Lipinski definition) is 20. The van der Waals surface area contributed by atoms with Gasteiger partial charge in [0.2, 0.25) is 11.8 Å². The number of hydrogen-bond acceptors (Lipinski definition) is 31. The minimum absolute atomic E-state index is 0.807. The number of aliphatic hydroxyl groups excluding tert-OH is 18. The van der Waals surface area contributed by atoms with Crippen molar-refractivity contribution in [3.05, 3.63) is 0 Å². The highest BCUT2D eigenvalue weighted by Crippen LogP contribution is 2.36. The van der Waals surface area contributed by atoms with E-state index in [1.54, 1.807) is 0 Å². The van der Waals surface area contributed by atoms with Crippen molar-refractivity contribution >= 4 is 11.8 Å². The highest BCUT2D eigenvalue weighted by atomic mass is 16.8. The molecule has 0 radical (unpaired) electrons. The molecule has 2 unspecified atom stereocenters. The molecule has 2 amide bonds. The first-order valence-corrected chi connectivity index (χ1v) is 23.1. The van der Waals surface area contributed by atoms with E-state index in [0.29, 0.717) is 0 Å². The number of amides is 2. The normalized spacial score (nSPS) is 49.8. The molecular formula is C40H68N2O31. The lowest BCUT2D eigenvalue weighted by Gasteiger charge is -2.50. The van der Waals surface area contributed by atoms with Gasteiger partial charge in [-0.2, -0.15) is 0 Å². The van der Waals surface area contributed by atoms with E-state index in [2.05, 4.69) is 10.6 Å².